The molecule has 0 unspecified atom stereocenters. The van der Waals surface area contributed by atoms with Crippen molar-refractivity contribution in [3.63, 3.8) is 0 Å². The topological polar surface area (TPSA) is 98.4 Å². The van der Waals surface area contributed by atoms with E-state index in [2.05, 4.69) is 9.97 Å². The summed E-state index contributed by atoms with van der Waals surface area (Å²) in [6.07, 6.45) is 4.87. The quantitative estimate of drug-likeness (QED) is 0.862. The van der Waals surface area contributed by atoms with Crippen LogP contribution in [-0.2, 0) is 4.79 Å². The molecule has 0 saturated carbocycles. The molecule has 1 fully saturated rings. The van der Waals surface area contributed by atoms with E-state index in [9.17, 15) is 9.59 Å². The van der Waals surface area contributed by atoms with Gasteiger partial charge in [-0.3, -0.25) is 9.59 Å². The van der Waals surface area contributed by atoms with E-state index in [1.807, 2.05) is 0 Å². The molecule has 0 aliphatic carbocycles. The lowest BCUT2D eigenvalue weighted by molar-refractivity contribution is -0.120. The highest BCUT2D eigenvalue weighted by Gasteiger charge is 2.34. The number of carbonyl (C=O) groups excluding carboxylic acids is 2. The fourth-order valence-corrected chi connectivity index (χ4v) is 3.21. The van der Waals surface area contributed by atoms with Crippen LogP contribution < -0.4 is 10.5 Å². The molecule has 136 valence electrons. The van der Waals surface area contributed by atoms with Gasteiger partial charge in [0.15, 0.2) is 0 Å². The van der Waals surface area contributed by atoms with Crippen molar-refractivity contribution in [2.45, 2.75) is 18.9 Å². The standard InChI is InChI=1S/C18H19ClN4O3/c19-14-1-3-15(4-2-14)26-16-5-6-23(10-12(16)7-17(20)24)18(25)13-8-21-11-22-9-13/h1-4,8-9,11-12,16H,5-7,10H2,(H2,20,24)/t12-,16-/m0/s1. The van der Waals surface area contributed by atoms with Gasteiger partial charge in [0, 0.05) is 49.3 Å². The number of carbonyl (C=O) groups is 2. The molecule has 1 saturated heterocycles. The van der Waals surface area contributed by atoms with Gasteiger partial charge >= 0.3 is 0 Å². The third kappa shape index (κ3) is 4.49. The van der Waals surface area contributed by atoms with Crippen LogP contribution >= 0.6 is 11.6 Å². The van der Waals surface area contributed by atoms with E-state index >= 15 is 0 Å². The number of nitrogens with zero attached hydrogens (tertiary/aromatic N) is 3. The number of hydrogen-bond donors (Lipinski definition) is 1. The molecule has 8 heteroatoms. The summed E-state index contributed by atoms with van der Waals surface area (Å²) in [5, 5.41) is 0.622. The third-order valence-corrected chi connectivity index (χ3v) is 4.58. The summed E-state index contributed by atoms with van der Waals surface area (Å²) >= 11 is 5.89. The van der Waals surface area contributed by atoms with E-state index in [0.29, 0.717) is 35.8 Å². The minimum atomic E-state index is -0.419. The molecular weight excluding hydrogens is 356 g/mol. The Morgan fingerprint density at radius 2 is 1.92 bits per heavy atom. The van der Waals surface area contributed by atoms with E-state index in [1.54, 1.807) is 29.2 Å². The normalized spacial score (nSPS) is 19.8. The van der Waals surface area contributed by atoms with Gasteiger partial charge in [-0.25, -0.2) is 9.97 Å². The highest BCUT2D eigenvalue weighted by Crippen LogP contribution is 2.27. The number of halogens is 1. The summed E-state index contributed by atoms with van der Waals surface area (Å²) in [5.74, 6) is -0.0994. The van der Waals surface area contributed by atoms with Gasteiger partial charge in [-0.2, -0.15) is 0 Å². The Kier molecular flexibility index (Phi) is 5.68. The summed E-state index contributed by atoms with van der Waals surface area (Å²) in [4.78, 5) is 33.5. The van der Waals surface area contributed by atoms with Crippen LogP contribution in [0.3, 0.4) is 0 Å². The first kappa shape index (κ1) is 18.1. The zero-order chi connectivity index (χ0) is 18.5. The molecule has 0 radical (unpaired) electrons. The predicted molar refractivity (Wildman–Crippen MR) is 95.7 cm³/mol. The number of likely N-dealkylation sites (tertiary alicyclic amines) is 1. The number of aromatic nitrogens is 2. The molecule has 2 atom stereocenters. The van der Waals surface area contributed by atoms with Gasteiger partial charge in [-0.15, -0.1) is 0 Å². The summed E-state index contributed by atoms with van der Waals surface area (Å²) in [5.41, 5.74) is 5.81. The molecule has 2 N–H and O–H groups in total. The van der Waals surface area contributed by atoms with E-state index in [-0.39, 0.29) is 24.3 Å². The van der Waals surface area contributed by atoms with Crippen molar-refractivity contribution in [3.05, 3.63) is 53.6 Å². The molecule has 7 nitrogen and oxygen atoms in total. The molecule has 0 spiro atoms. The Bertz CT molecular complexity index is 770. The van der Waals surface area contributed by atoms with Crippen LogP contribution in [0.25, 0.3) is 0 Å². The second-order valence-corrected chi connectivity index (χ2v) is 6.64. The molecule has 0 bridgehead atoms. The van der Waals surface area contributed by atoms with E-state index in [1.165, 1.54) is 18.7 Å². The van der Waals surface area contributed by atoms with E-state index in [4.69, 9.17) is 22.1 Å². The van der Waals surface area contributed by atoms with Crippen LogP contribution in [0.5, 0.6) is 5.75 Å². The lowest BCUT2D eigenvalue weighted by Crippen LogP contribution is -2.49. The fraction of sp³-hybridized carbons (Fsp3) is 0.333. The largest absolute Gasteiger partial charge is 0.490 e. The second kappa shape index (κ2) is 8.14. The number of piperidine rings is 1. The summed E-state index contributed by atoms with van der Waals surface area (Å²) < 4.78 is 6.03. The highest BCUT2D eigenvalue weighted by atomic mass is 35.5. The Hall–Kier alpha value is -2.67. The van der Waals surface area contributed by atoms with Gasteiger partial charge < -0.3 is 15.4 Å². The van der Waals surface area contributed by atoms with Crippen molar-refractivity contribution in [1.29, 1.82) is 0 Å². The maximum Gasteiger partial charge on any atom is 0.257 e. The van der Waals surface area contributed by atoms with Gasteiger partial charge in [0.1, 0.15) is 18.2 Å². The first-order valence-corrected chi connectivity index (χ1v) is 8.65. The zero-order valence-corrected chi connectivity index (χ0v) is 14.8. The van der Waals surface area contributed by atoms with Crippen LogP contribution in [0.1, 0.15) is 23.2 Å². The predicted octanol–water partition coefficient (Wildman–Crippen LogP) is 1.92. The van der Waals surface area contributed by atoms with E-state index in [0.717, 1.165) is 0 Å². The Labute approximate surface area is 156 Å². The third-order valence-electron chi connectivity index (χ3n) is 4.32. The van der Waals surface area contributed by atoms with Crippen molar-refractivity contribution >= 4 is 23.4 Å². The lowest BCUT2D eigenvalue weighted by atomic mass is 9.90. The minimum absolute atomic E-state index is 0.146. The van der Waals surface area contributed by atoms with Gasteiger partial charge in [0.2, 0.25) is 5.91 Å². The molecule has 1 aromatic carbocycles. The van der Waals surface area contributed by atoms with Gasteiger partial charge in [-0.05, 0) is 24.3 Å². The molecule has 2 amide bonds. The second-order valence-electron chi connectivity index (χ2n) is 6.21. The summed E-state index contributed by atoms with van der Waals surface area (Å²) in [6, 6.07) is 7.05. The molecule has 26 heavy (non-hydrogen) atoms. The average molecular weight is 375 g/mol. The van der Waals surface area contributed by atoms with Crippen LogP contribution in [-0.4, -0.2) is 45.9 Å². The SMILES string of the molecule is NC(=O)C[C@H]1CN(C(=O)c2cncnc2)CC[C@@H]1Oc1ccc(Cl)cc1. The zero-order valence-electron chi connectivity index (χ0n) is 14.0. The Morgan fingerprint density at radius 1 is 1.23 bits per heavy atom. The minimum Gasteiger partial charge on any atom is -0.490 e. The Balaban J connectivity index is 1.71. The van der Waals surface area contributed by atoms with E-state index < -0.39 is 5.91 Å². The summed E-state index contributed by atoms with van der Waals surface area (Å²) in [6.45, 7) is 0.899. The number of amides is 2. The number of nitrogens with two attached hydrogens (primary N) is 1. The molecule has 1 aromatic heterocycles. The molecule has 2 heterocycles. The van der Waals surface area contributed by atoms with Crippen molar-refractivity contribution in [1.82, 2.24) is 14.9 Å². The van der Waals surface area contributed by atoms with Crippen LogP contribution in [0.15, 0.2) is 43.0 Å². The number of rotatable bonds is 5. The molecule has 3 rings (SSSR count). The molecule has 1 aliphatic heterocycles. The maximum atomic E-state index is 12.6. The van der Waals surface area contributed by atoms with Gasteiger partial charge in [-0.1, -0.05) is 11.6 Å². The fourth-order valence-electron chi connectivity index (χ4n) is 3.08. The maximum absolute atomic E-state index is 12.6. The average Bonchev–Trinajstić information content (AvgIpc) is 2.64. The monoisotopic (exact) mass is 374 g/mol. The van der Waals surface area contributed by atoms with Crippen molar-refractivity contribution in [2.75, 3.05) is 13.1 Å². The number of hydrogen-bond acceptors (Lipinski definition) is 5. The first-order chi connectivity index (χ1) is 12.5. The molecular formula is C18H19ClN4O3. The Morgan fingerprint density at radius 3 is 2.58 bits per heavy atom. The van der Waals surface area contributed by atoms with Crippen LogP contribution in [0.2, 0.25) is 5.02 Å². The number of ether oxygens (including phenoxy) is 1. The van der Waals surface area contributed by atoms with Crippen molar-refractivity contribution in [2.24, 2.45) is 11.7 Å². The summed E-state index contributed by atoms with van der Waals surface area (Å²) in [7, 11) is 0. The molecule has 2 aromatic rings. The number of primary amides is 1. The number of benzene rings is 1. The van der Waals surface area contributed by atoms with Gasteiger partial charge in [0.05, 0.1) is 5.56 Å². The lowest BCUT2D eigenvalue weighted by Gasteiger charge is -2.38. The van der Waals surface area contributed by atoms with Crippen LogP contribution in [0, 0.1) is 5.92 Å². The van der Waals surface area contributed by atoms with Crippen LogP contribution in [0.4, 0.5) is 0 Å². The highest BCUT2D eigenvalue weighted by molar-refractivity contribution is 6.30. The van der Waals surface area contributed by atoms with Gasteiger partial charge in [0.25, 0.3) is 5.91 Å². The molecule has 1 aliphatic rings. The van der Waals surface area contributed by atoms with Crippen molar-refractivity contribution in [3.8, 4) is 5.75 Å². The first-order valence-electron chi connectivity index (χ1n) is 8.27. The smallest absolute Gasteiger partial charge is 0.257 e. The van der Waals surface area contributed by atoms with Crippen molar-refractivity contribution < 1.29 is 14.3 Å².